The number of aryl methyl sites for hydroxylation is 1. The molecule has 0 aliphatic carbocycles. The molecule has 0 radical (unpaired) electrons. The van der Waals surface area contributed by atoms with Gasteiger partial charge in [0.15, 0.2) is 6.39 Å². The Morgan fingerprint density at radius 2 is 2.15 bits per heavy atom. The molecule has 0 saturated heterocycles. The summed E-state index contributed by atoms with van der Waals surface area (Å²) in [6.07, 6.45) is 4.76. The molecule has 0 bridgehead atoms. The lowest BCUT2D eigenvalue weighted by Gasteiger charge is -2.23. The van der Waals surface area contributed by atoms with E-state index in [4.69, 9.17) is 4.42 Å². The van der Waals surface area contributed by atoms with Gasteiger partial charge in [-0.1, -0.05) is 27.7 Å². The standard InChI is InChI=1S/C11H18NO/c1-5-10-11(13-7-12-10)9(4)6-8(2)3/h6-9H,5H2,1-4H3/q-1. The molecule has 0 aliphatic rings. The van der Waals surface area contributed by atoms with Gasteiger partial charge in [-0.25, -0.2) is 4.98 Å². The molecular formula is C11H18NO-. The van der Waals surface area contributed by atoms with Crippen LogP contribution in [-0.2, 0) is 6.42 Å². The van der Waals surface area contributed by atoms with Crippen molar-refractivity contribution in [3.8, 4) is 0 Å². The summed E-state index contributed by atoms with van der Waals surface area (Å²) in [6.45, 7) is 8.61. The van der Waals surface area contributed by atoms with E-state index >= 15 is 0 Å². The fraction of sp³-hybridized carbons (Fsp3) is 0.636. The van der Waals surface area contributed by atoms with E-state index in [9.17, 15) is 0 Å². The van der Waals surface area contributed by atoms with Crippen molar-refractivity contribution in [3.05, 3.63) is 24.3 Å². The molecule has 2 nitrogen and oxygen atoms in total. The second kappa shape index (κ2) is 4.45. The summed E-state index contributed by atoms with van der Waals surface area (Å²) in [4.78, 5) is 4.18. The van der Waals surface area contributed by atoms with E-state index in [1.165, 1.54) is 0 Å². The van der Waals surface area contributed by atoms with Crippen LogP contribution in [-0.4, -0.2) is 4.98 Å². The number of hydrogen-bond donors (Lipinski definition) is 0. The maximum absolute atomic E-state index is 5.38. The third-order valence-corrected chi connectivity index (χ3v) is 2.09. The van der Waals surface area contributed by atoms with Crippen LogP contribution < -0.4 is 0 Å². The first kappa shape index (κ1) is 10.3. The zero-order valence-corrected chi connectivity index (χ0v) is 8.87. The van der Waals surface area contributed by atoms with E-state index in [1.807, 2.05) is 0 Å². The molecule has 0 fully saturated rings. The molecule has 1 aromatic heterocycles. The molecule has 1 unspecified atom stereocenters. The Balaban J connectivity index is 2.69. The van der Waals surface area contributed by atoms with Crippen LogP contribution in [0, 0.1) is 12.3 Å². The number of hydrogen-bond acceptors (Lipinski definition) is 2. The van der Waals surface area contributed by atoms with Gasteiger partial charge in [0.25, 0.3) is 0 Å². The number of oxazole rings is 1. The van der Waals surface area contributed by atoms with Gasteiger partial charge in [-0.15, -0.1) is 5.92 Å². The largest absolute Gasteiger partial charge is 0.451 e. The third-order valence-electron chi connectivity index (χ3n) is 2.09. The molecule has 0 aromatic carbocycles. The quantitative estimate of drug-likeness (QED) is 0.665. The van der Waals surface area contributed by atoms with Gasteiger partial charge in [-0.3, -0.25) is 0 Å². The Hall–Kier alpha value is -0.790. The highest BCUT2D eigenvalue weighted by atomic mass is 16.3. The first-order chi connectivity index (χ1) is 6.15. The topological polar surface area (TPSA) is 26.0 Å². The summed E-state index contributed by atoms with van der Waals surface area (Å²) in [5.41, 5.74) is 1.09. The summed E-state index contributed by atoms with van der Waals surface area (Å²) in [5.74, 6) is 1.98. The molecule has 0 N–H and O–H groups in total. The van der Waals surface area contributed by atoms with Crippen LogP contribution in [0.1, 0.15) is 45.1 Å². The highest BCUT2D eigenvalue weighted by molar-refractivity contribution is 5.15. The van der Waals surface area contributed by atoms with Crippen LogP contribution in [0.15, 0.2) is 10.8 Å². The van der Waals surface area contributed by atoms with Crippen LogP contribution in [0.4, 0.5) is 0 Å². The predicted octanol–water partition coefficient (Wildman–Crippen LogP) is 3.20. The molecule has 1 atom stereocenters. The highest BCUT2D eigenvalue weighted by Crippen LogP contribution is 2.24. The average molecular weight is 180 g/mol. The van der Waals surface area contributed by atoms with Crippen LogP contribution in [0.5, 0.6) is 0 Å². The van der Waals surface area contributed by atoms with Crippen molar-refractivity contribution < 1.29 is 4.42 Å². The molecule has 0 amide bonds. The van der Waals surface area contributed by atoms with Crippen LogP contribution in [0.2, 0.25) is 0 Å². The molecule has 0 aliphatic heterocycles. The third kappa shape index (κ3) is 2.58. The van der Waals surface area contributed by atoms with Crippen molar-refractivity contribution >= 4 is 0 Å². The SMILES string of the molecule is CCc1ncoc1C(C)[CH-]C(C)C. The van der Waals surface area contributed by atoms with Crippen molar-refractivity contribution in [3.63, 3.8) is 0 Å². The van der Waals surface area contributed by atoms with Gasteiger partial charge in [0, 0.05) is 0 Å². The van der Waals surface area contributed by atoms with Crippen molar-refractivity contribution in [1.82, 2.24) is 4.98 Å². The molecule has 0 spiro atoms. The van der Waals surface area contributed by atoms with Gasteiger partial charge in [-0.05, 0) is 6.42 Å². The smallest absolute Gasteiger partial charge is 0.180 e. The lowest BCUT2D eigenvalue weighted by atomic mass is 9.95. The summed E-state index contributed by atoms with van der Waals surface area (Å²) >= 11 is 0. The molecule has 13 heavy (non-hydrogen) atoms. The molecule has 1 aromatic rings. The molecule has 1 rings (SSSR count). The maximum Gasteiger partial charge on any atom is 0.180 e. The van der Waals surface area contributed by atoms with Gasteiger partial charge < -0.3 is 10.8 Å². The Bertz CT molecular complexity index is 252. The van der Waals surface area contributed by atoms with Gasteiger partial charge in [-0.2, -0.15) is 5.92 Å². The summed E-state index contributed by atoms with van der Waals surface area (Å²) in [7, 11) is 0. The van der Waals surface area contributed by atoms with E-state index in [-0.39, 0.29) is 0 Å². The van der Waals surface area contributed by atoms with E-state index < -0.39 is 0 Å². The second-order valence-electron chi connectivity index (χ2n) is 3.74. The lowest BCUT2D eigenvalue weighted by Crippen LogP contribution is -2.01. The fourth-order valence-electron chi connectivity index (χ4n) is 1.58. The molecule has 2 heteroatoms. The monoisotopic (exact) mass is 180 g/mol. The van der Waals surface area contributed by atoms with E-state index in [1.54, 1.807) is 6.39 Å². The molecular weight excluding hydrogens is 162 g/mol. The Morgan fingerprint density at radius 1 is 1.46 bits per heavy atom. The zero-order valence-electron chi connectivity index (χ0n) is 8.87. The van der Waals surface area contributed by atoms with Crippen LogP contribution >= 0.6 is 0 Å². The molecule has 0 saturated carbocycles. The van der Waals surface area contributed by atoms with Crippen molar-refractivity contribution in [2.75, 3.05) is 0 Å². The van der Waals surface area contributed by atoms with E-state index in [2.05, 4.69) is 39.1 Å². The Labute approximate surface area is 80.4 Å². The first-order valence-electron chi connectivity index (χ1n) is 4.92. The van der Waals surface area contributed by atoms with Gasteiger partial charge in [0.1, 0.15) is 5.76 Å². The lowest BCUT2D eigenvalue weighted by molar-refractivity contribution is 0.471. The zero-order chi connectivity index (χ0) is 9.84. The van der Waals surface area contributed by atoms with E-state index in [0.717, 1.165) is 17.9 Å². The van der Waals surface area contributed by atoms with Crippen molar-refractivity contribution in [2.24, 2.45) is 5.92 Å². The minimum atomic E-state index is 0.373. The minimum absolute atomic E-state index is 0.373. The van der Waals surface area contributed by atoms with Crippen molar-refractivity contribution in [1.29, 1.82) is 0 Å². The second-order valence-corrected chi connectivity index (χ2v) is 3.74. The number of rotatable bonds is 4. The Morgan fingerprint density at radius 3 is 2.69 bits per heavy atom. The normalized spacial score (nSPS) is 13.6. The summed E-state index contributed by atoms with van der Waals surface area (Å²) in [5, 5.41) is 0. The highest BCUT2D eigenvalue weighted by Gasteiger charge is 2.08. The fourth-order valence-corrected chi connectivity index (χ4v) is 1.58. The first-order valence-corrected chi connectivity index (χ1v) is 4.92. The minimum Gasteiger partial charge on any atom is -0.451 e. The molecule has 74 valence electrons. The van der Waals surface area contributed by atoms with Crippen LogP contribution in [0.3, 0.4) is 0 Å². The number of nitrogens with zero attached hydrogens (tertiary/aromatic N) is 1. The summed E-state index contributed by atoms with van der Waals surface area (Å²) in [6, 6.07) is 0. The van der Waals surface area contributed by atoms with Gasteiger partial charge >= 0.3 is 0 Å². The van der Waals surface area contributed by atoms with Crippen molar-refractivity contribution in [2.45, 2.75) is 40.0 Å². The summed E-state index contributed by atoms with van der Waals surface area (Å²) < 4.78 is 5.38. The average Bonchev–Trinajstić information content (AvgIpc) is 2.49. The Kier molecular flexibility index (Phi) is 3.52. The van der Waals surface area contributed by atoms with Gasteiger partial charge in [0.05, 0.1) is 5.69 Å². The number of aromatic nitrogens is 1. The van der Waals surface area contributed by atoms with E-state index in [0.29, 0.717) is 11.8 Å². The van der Waals surface area contributed by atoms with Crippen LogP contribution in [0.25, 0.3) is 0 Å². The maximum atomic E-state index is 5.38. The predicted molar refractivity (Wildman–Crippen MR) is 53.4 cm³/mol. The van der Waals surface area contributed by atoms with Gasteiger partial charge in [0.2, 0.25) is 0 Å². The molecule has 1 heterocycles.